The first-order valence-corrected chi connectivity index (χ1v) is 9.30. The van der Waals surface area contributed by atoms with Crippen molar-refractivity contribution in [2.45, 2.75) is 65.5 Å². The van der Waals surface area contributed by atoms with Crippen LogP contribution in [0, 0.1) is 5.92 Å². The van der Waals surface area contributed by atoms with Gasteiger partial charge in [-0.05, 0) is 69.9 Å². The molecule has 2 unspecified atom stereocenters. The van der Waals surface area contributed by atoms with Crippen molar-refractivity contribution in [1.82, 2.24) is 0 Å². The maximum Gasteiger partial charge on any atom is 0.0753 e. The number of allylic oxidation sites excluding steroid dienone is 4. The van der Waals surface area contributed by atoms with Crippen LogP contribution in [-0.2, 0) is 0 Å². The minimum absolute atomic E-state index is 0.0921. The van der Waals surface area contributed by atoms with Gasteiger partial charge in [0, 0.05) is 10.9 Å². The largest absolute Gasteiger partial charge is 0.283 e. The molecule has 3 heteroatoms. The molecule has 0 fully saturated rings. The summed E-state index contributed by atoms with van der Waals surface area (Å²) in [7, 11) is 0. The predicted molar refractivity (Wildman–Crippen MR) is 96.8 cm³/mol. The van der Waals surface area contributed by atoms with E-state index in [1.807, 2.05) is 0 Å². The van der Waals surface area contributed by atoms with Gasteiger partial charge in [0.25, 0.3) is 0 Å². The summed E-state index contributed by atoms with van der Waals surface area (Å²) in [5.74, 6) is 0.607. The number of nitrogens with zero attached hydrogens (tertiary/aromatic N) is 2. The topological polar surface area (TPSA) is 24.7 Å². The first-order chi connectivity index (χ1) is 9.92. The van der Waals surface area contributed by atoms with Gasteiger partial charge in [-0.2, -0.15) is 0 Å². The van der Waals surface area contributed by atoms with Gasteiger partial charge in [0.1, 0.15) is 0 Å². The molecule has 0 radical (unpaired) electrons. The zero-order valence-electron chi connectivity index (χ0n) is 14.2. The van der Waals surface area contributed by atoms with Crippen molar-refractivity contribution in [3.63, 3.8) is 0 Å². The molecule has 21 heavy (non-hydrogen) atoms. The molecule has 0 saturated heterocycles. The Balaban J connectivity index is 2.53. The number of thioether (sulfide) groups is 1. The molecule has 2 nitrogen and oxygen atoms in total. The van der Waals surface area contributed by atoms with Gasteiger partial charge < -0.3 is 0 Å². The Morgan fingerprint density at radius 2 is 2.10 bits per heavy atom. The molecule has 1 aliphatic heterocycles. The zero-order valence-corrected chi connectivity index (χ0v) is 15.0. The molecule has 0 amide bonds. The molecule has 116 valence electrons. The highest BCUT2D eigenvalue weighted by molar-refractivity contribution is 8.03. The fourth-order valence-corrected chi connectivity index (χ4v) is 3.71. The van der Waals surface area contributed by atoms with Crippen molar-refractivity contribution in [3.8, 4) is 0 Å². The lowest BCUT2D eigenvalue weighted by Crippen LogP contribution is -2.36. The summed E-state index contributed by atoms with van der Waals surface area (Å²) in [6, 6.07) is 0.333. The van der Waals surface area contributed by atoms with Gasteiger partial charge in [-0.3, -0.25) is 9.98 Å². The third kappa shape index (κ3) is 3.50. The molecular formula is C18H28N2S. The summed E-state index contributed by atoms with van der Waals surface area (Å²) in [6.45, 7) is 11.1. The second kappa shape index (κ2) is 6.51. The Labute approximate surface area is 133 Å². The van der Waals surface area contributed by atoms with E-state index in [0.717, 1.165) is 18.6 Å². The highest BCUT2D eigenvalue weighted by Crippen LogP contribution is 2.41. The maximum atomic E-state index is 5.12. The fourth-order valence-electron chi connectivity index (χ4n) is 3.12. The van der Waals surface area contributed by atoms with Crippen LogP contribution in [0.3, 0.4) is 0 Å². The Morgan fingerprint density at radius 3 is 2.62 bits per heavy atom. The number of rotatable bonds is 4. The molecule has 0 aromatic carbocycles. The fraction of sp³-hybridized carbons (Fsp3) is 0.667. The van der Waals surface area contributed by atoms with E-state index in [1.54, 1.807) is 11.8 Å². The van der Waals surface area contributed by atoms with E-state index in [0.29, 0.717) is 12.0 Å². The molecule has 1 heterocycles. The van der Waals surface area contributed by atoms with E-state index in [-0.39, 0.29) is 5.54 Å². The normalized spacial score (nSPS) is 30.9. The smallest absolute Gasteiger partial charge is 0.0753 e. The average Bonchev–Trinajstić information content (AvgIpc) is 2.45. The van der Waals surface area contributed by atoms with Gasteiger partial charge in [0.15, 0.2) is 0 Å². The van der Waals surface area contributed by atoms with Crippen LogP contribution < -0.4 is 0 Å². The quantitative estimate of drug-likeness (QED) is 0.666. The van der Waals surface area contributed by atoms with Crippen LogP contribution in [0.2, 0.25) is 0 Å². The molecule has 1 aliphatic carbocycles. The number of aliphatic imine (C=N–C) groups is 2. The first kappa shape index (κ1) is 16.5. The molecule has 0 saturated carbocycles. The van der Waals surface area contributed by atoms with Gasteiger partial charge in [-0.25, -0.2) is 0 Å². The standard InChI is InChI=1S/C18H28N2S/c1-7-13-11-18(5,8-2)20-17-15(13)9-14(19-12(3)4)10-16(17)21-6/h9-10,12-13H,7-8,11H2,1-6H3. The minimum atomic E-state index is 0.0921. The molecule has 0 aromatic rings. The van der Waals surface area contributed by atoms with Crippen LogP contribution in [0.5, 0.6) is 0 Å². The monoisotopic (exact) mass is 304 g/mol. The molecule has 0 bridgehead atoms. The predicted octanol–water partition coefficient (Wildman–Crippen LogP) is 5.06. The van der Waals surface area contributed by atoms with E-state index < -0.39 is 0 Å². The molecule has 2 atom stereocenters. The van der Waals surface area contributed by atoms with Gasteiger partial charge in [-0.1, -0.05) is 13.8 Å². The van der Waals surface area contributed by atoms with Gasteiger partial charge in [0.05, 0.1) is 17.0 Å². The lowest BCUT2D eigenvalue weighted by molar-refractivity contribution is 0.345. The van der Waals surface area contributed by atoms with E-state index in [9.17, 15) is 0 Å². The van der Waals surface area contributed by atoms with E-state index >= 15 is 0 Å². The highest BCUT2D eigenvalue weighted by Gasteiger charge is 2.36. The molecule has 0 aromatic heterocycles. The van der Waals surface area contributed by atoms with Crippen molar-refractivity contribution in [3.05, 3.63) is 22.6 Å². The molecule has 0 spiro atoms. The Kier molecular flexibility index (Phi) is 5.13. The lowest BCUT2D eigenvalue weighted by Gasteiger charge is -2.38. The SMILES string of the molecule is CCC1CC(C)(CC)N=C2C(SC)=CC(=NC(C)C)C=C21. The summed E-state index contributed by atoms with van der Waals surface area (Å²) in [4.78, 5) is 11.2. The maximum absolute atomic E-state index is 5.12. The minimum Gasteiger partial charge on any atom is -0.283 e. The van der Waals surface area contributed by atoms with Crippen molar-refractivity contribution in [1.29, 1.82) is 0 Å². The van der Waals surface area contributed by atoms with Crippen molar-refractivity contribution in [2.75, 3.05) is 6.26 Å². The third-order valence-corrected chi connectivity index (χ3v) is 5.23. The Bertz CT molecular complexity index is 525. The summed E-state index contributed by atoms with van der Waals surface area (Å²) in [6.07, 6.45) is 10.1. The van der Waals surface area contributed by atoms with E-state index in [4.69, 9.17) is 9.98 Å². The van der Waals surface area contributed by atoms with Crippen LogP contribution >= 0.6 is 11.8 Å². The van der Waals surface area contributed by atoms with Gasteiger partial charge >= 0.3 is 0 Å². The second-order valence-electron chi connectivity index (χ2n) is 6.58. The van der Waals surface area contributed by atoms with Crippen LogP contribution in [0.25, 0.3) is 0 Å². The van der Waals surface area contributed by atoms with E-state index in [1.165, 1.54) is 22.6 Å². The summed E-state index contributed by atoms with van der Waals surface area (Å²) >= 11 is 1.79. The van der Waals surface area contributed by atoms with Gasteiger partial charge in [-0.15, -0.1) is 11.8 Å². The molecule has 2 rings (SSSR count). The number of hydrogen-bond donors (Lipinski definition) is 0. The average molecular weight is 305 g/mol. The lowest BCUT2D eigenvalue weighted by atomic mass is 9.75. The first-order valence-electron chi connectivity index (χ1n) is 8.08. The summed E-state index contributed by atoms with van der Waals surface area (Å²) in [5.41, 5.74) is 3.85. The Morgan fingerprint density at radius 1 is 1.38 bits per heavy atom. The van der Waals surface area contributed by atoms with Crippen molar-refractivity contribution >= 4 is 23.2 Å². The van der Waals surface area contributed by atoms with E-state index in [2.05, 4.69) is 53.0 Å². The third-order valence-electron chi connectivity index (χ3n) is 4.48. The second-order valence-corrected chi connectivity index (χ2v) is 7.43. The highest BCUT2D eigenvalue weighted by atomic mass is 32.2. The van der Waals surface area contributed by atoms with Gasteiger partial charge in [0.2, 0.25) is 0 Å². The molecule has 0 N–H and O–H groups in total. The van der Waals surface area contributed by atoms with Crippen molar-refractivity contribution < 1.29 is 0 Å². The number of hydrogen-bond acceptors (Lipinski definition) is 3. The van der Waals surface area contributed by atoms with Crippen LogP contribution in [-0.4, -0.2) is 29.3 Å². The van der Waals surface area contributed by atoms with Crippen molar-refractivity contribution in [2.24, 2.45) is 15.9 Å². The number of fused-ring (bicyclic) bond motifs is 1. The molecule has 2 aliphatic rings. The Hall–Kier alpha value is -0.830. The van der Waals surface area contributed by atoms with Crippen LogP contribution in [0.4, 0.5) is 0 Å². The zero-order chi connectivity index (χ0) is 15.6. The summed E-state index contributed by atoms with van der Waals surface area (Å²) < 4.78 is 0. The van der Waals surface area contributed by atoms with Crippen LogP contribution in [0.15, 0.2) is 32.6 Å². The summed E-state index contributed by atoms with van der Waals surface area (Å²) in [5, 5.41) is 0. The molecular weight excluding hydrogens is 276 g/mol. The van der Waals surface area contributed by atoms with Crippen LogP contribution in [0.1, 0.15) is 53.9 Å².